The van der Waals surface area contributed by atoms with E-state index in [1.54, 1.807) is 0 Å². The second-order valence-electron chi connectivity index (χ2n) is 5.14. The molecule has 3 N–H and O–H groups in total. The van der Waals surface area contributed by atoms with Gasteiger partial charge in [-0.2, -0.15) is 0 Å². The van der Waals surface area contributed by atoms with Gasteiger partial charge in [0, 0.05) is 4.47 Å². The fourth-order valence-electron chi connectivity index (χ4n) is 2.36. The van der Waals surface area contributed by atoms with Crippen LogP contribution in [0.25, 0.3) is 0 Å². The Labute approximate surface area is 143 Å². The van der Waals surface area contributed by atoms with Gasteiger partial charge in [0.15, 0.2) is 0 Å². The lowest BCUT2D eigenvalue weighted by Gasteiger charge is -2.19. The Morgan fingerprint density at radius 2 is 1.71 bits per heavy atom. The molecule has 2 rings (SSSR count). The van der Waals surface area contributed by atoms with Crippen LogP contribution in [0.2, 0.25) is 10.0 Å². The molecule has 5 heteroatoms. The third-order valence-electron chi connectivity index (χ3n) is 3.49. The second kappa shape index (κ2) is 7.12. The van der Waals surface area contributed by atoms with E-state index in [-0.39, 0.29) is 6.04 Å². The summed E-state index contributed by atoms with van der Waals surface area (Å²) < 4.78 is 1.14. The van der Waals surface area contributed by atoms with Gasteiger partial charge in [-0.3, -0.25) is 11.3 Å². The molecular weight excluding hydrogens is 371 g/mol. The largest absolute Gasteiger partial charge is 0.271 e. The zero-order valence-corrected chi connectivity index (χ0v) is 15.0. The summed E-state index contributed by atoms with van der Waals surface area (Å²) in [5.74, 6) is 5.74. The van der Waals surface area contributed by atoms with Crippen molar-refractivity contribution in [3.63, 3.8) is 0 Å². The van der Waals surface area contributed by atoms with Crippen molar-refractivity contribution in [3.8, 4) is 0 Å². The van der Waals surface area contributed by atoms with E-state index in [1.807, 2.05) is 18.2 Å². The van der Waals surface area contributed by atoms with E-state index in [1.165, 1.54) is 11.1 Å². The minimum Gasteiger partial charge on any atom is -0.271 e. The Bertz CT molecular complexity index is 636. The number of hydrazine groups is 1. The van der Waals surface area contributed by atoms with Crippen molar-refractivity contribution in [1.29, 1.82) is 0 Å². The fourth-order valence-corrected chi connectivity index (χ4v) is 2.91. The van der Waals surface area contributed by atoms with E-state index in [4.69, 9.17) is 29.0 Å². The van der Waals surface area contributed by atoms with Gasteiger partial charge in [-0.1, -0.05) is 57.3 Å². The van der Waals surface area contributed by atoms with Crippen LogP contribution in [0.1, 0.15) is 28.3 Å². The van der Waals surface area contributed by atoms with Crippen LogP contribution in [0.15, 0.2) is 34.8 Å². The van der Waals surface area contributed by atoms with Gasteiger partial charge in [0.1, 0.15) is 0 Å². The van der Waals surface area contributed by atoms with Crippen LogP contribution >= 0.6 is 39.1 Å². The summed E-state index contributed by atoms with van der Waals surface area (Å²) >= 11 is 15.6. The van der Waals surface area contributed by atoms with Crippen molar-refractivity contribution in [2.45, 2.75) is 26.3 Å². The molecule has 112 valence electrons. The van der Waals surface area contributed by atoms with Gasteiger partial charge < -0.3 is 0 Å². The first-order valence-corrected chi connectivity index (χ1v) is 8.14. The lowest BCUT2D eigenvalue weighted by atomic mass is 9.96. The molecule has 2 nitrogen and oxygen atoms in total. The molecule has 0 spiro atoms. The molecule has 0 saturated carbocycles. The molecule has 0 aliphatic carbocycles. The van der Waals surface area contributed by atoms with Crippen molar-refractivity contribution in [2.75, 3.05) is 0 Å². The summed E-state index contributed by atoms with van der Waals surface area (Å²) in [6.07, 6.45) is 0.744. The molecule has 0 heterocycles. The predicted octanol–water partition coefficient (Wildman–Crippen LogP) is 5.12. The first-order valence-electron chi connectivity index (χ1n) is 6.59. The van der Waals surface area contributed by atoms with E-state index in [0.717, 1.165) is 22.0 Å². The van der Waals surface area contributed by atoms with Crippen molar-refractivity contribution in [2.24, 2.45) is 5.84 Å². The Hall–Kier alpha value is -0.580. The Morgan fingerprint density at radius 3 is 2.24 bits per heavy atom. The lowest BCUT2D eigenvalue weighted by molar-refractivity contribution is 0.551. The number of rotatable bonds is 4. The molecule has 2 aromatic rings. The maximum atomic E-state index is 6.07. The SMILES string of the molecule is Cc1cc(C(Cc2ccc(Cl)c(Cl)c2)NN)cc(C)c1Br. The van der Waals surface area contributed by atoms with Crippen molar-refractivity contribution in [1.82, 2.24) is 5.43 Å². The number of aryl methyl sites for hydroxylation is 2. The first-order chi connectivity index (χ1) is 9.92. The number of nitrogens with two attached hydrogens (primary N) is 1. The summed E-state index contributed by atoms with van der Waals surface area (Å²) in [7, 11) is 0. The molecule has 0 saturated heterocycles. The van der Waals surface area contributed by atoms with Crippen LogP contribution in [0.5, 0.6) is 0 Å². The van der Waals surface area contributed by atoms with E-state index in [0.29, 0.717) is 10.0 Å². The first kappa shape index (κ1) is 16.8. The molecular formula is C16H17BrCl2N2. The van der Waals surface area contributed by atoms with E-state index < -0.39 is 0 Å². The van der Waals surface area contributed by atoms with Crippen molar-refractivity contribution >= 4 is 39.1 Å². The van der Waals surface area contributed by atoms with Crippen LogP contribution in [-0.2, 0) is 6.42 Å². The lowest BCUT2D eigenvalue weighted by Crippen LogP contribution is -2.29. The van der Waals surface area contributed by atoms with Gasteiger partial charge in [0.05, 0.1) is 16.1 Å². The third-order valence-corrected chi connectivity index (χ3v) is 5.48. The van der Waals surface area contributed by atoms with Crippen molar-refractivity contribution in [3.05, 3.63) is 67.1 Å². The minimum absolute atomic E-state index is 0.0211. The van der Waals surface area contributed by atoms with Gasteiger partial charge in [-0.05, 0) is 54.7 Å². The monoisotopic (exact) mass is 386 g/mol. The quantitative estimate of drug-likeness (QED) is 0.564. The van der Waals surface area contributed by atoms with Crippen LogP contribution < -0.4 is 11.3 Å². The van der Waals surface area contributed by atoms with E-state index >= 15 is 0 Å². The summed E-state index contributed by atoms with van der Waals surface area (Å²) in [4.78, 5) is 0. The summed E-state index contributed by atoms with van der Waals surface area (Å²) in [6.45, 7) is 4.15. The molecule has 0 amide bonds. The molecule has 1 atom stereocenters. The van der Waals surface area contributed by atoms with Gasteiger partial charge in [0.2, 0.25) is 0 Å². The molecule has 0 radical (unpaired) electrons. The van der Waals surface area contributed by atoms with Gasteiger partial charge in [-0.15, -0.1) is 0 Å². The molecule has 0 aliphatic heterocycles. The molecule has 0 bridgehead atoms. The Kier molecular flexibility index (Phi) is 5.69. The molecule has 0 fully saturated rings. The van der Waals surface area contributed by atoms with Crippen LogP contribution in [0.3, 0.4) is 0 Å². The zero-order chi connectivity index (χ0) is 15.6. The van der Waals surface area contributed by atoms with Crippen LogP contribution in [0.4, 0.5) is 0 Å². The molecule has 0 aliphatic rings. The van der Waals surface area contributed by atoms with E-state index in [2.05, 4.69) is 47.3 Å². The predicted molar refractivity (Wildman–Crippen MR) is 93.8 cm³/mol. The summed E-state index contributed by atoms with van der Waals surface area (Å²) in [6, 6.07) is 9.96. The topological polar surface area (TPSA) is 38.0 Å². The minimum atomic E-state index is 0.0211. The Morgan fingerprint density at radius 1 is 1.10 bits per heavy atom. The number of hydrogen-bond acceptors (Lipinski definition) is 2. The number of hydrogen-bond donors (Lipinski definition) is 2. The highest BCUT2D eigenvalue weighted by Gasteiger charge is 2.14. The molecule has 21 heavy (non-hydrogen) atoms. The van der Waals surface area contributed by atoms with Crippen LogP contribution in [-0.4, -0.2) is 0 Å². The third kappa shape index (κ3) is 3.99. The standard InChI is InChI=1S/C16H17BrCl2N2/c1-9-5-12(6-10(2)16(9)17)15(21-20)8-11-3-4-13(18)14(19)7-11/h3-7,15,21H,8,20H2,1-2H3. The fraction of sp³-hybridized carbons (Fsp3) is 0.250. The Balaban J connectivity index is 2.29. The van der Waals surface area contributed by atoms with Gasteiger partial charge in [0.25, 0.3) is 0 Å². The molecule has 2 aromatic carbocycles. The highest BCUT2D eigenvalue weighted by atomic mass is 79.9. The van der Waals surface area contributed by atoms with Crippen LogP contribution in [0, 0.1) is 13.8 Å². The highest BCUT2D eigenvalue weighted by molar-refractivity contribution is 9.10. The maximum absolute atomic E-state index is 6.07. The summed E-state index contributed by atoms with van der Waals surface area (Å²) in [5.41, 5.74) is 7.51. The normalized spacial score (nSPS) is 12.5. The molecule has 0 aromatic heterocycles. The number of benzene rings is 2. The smallest absolute Gasteiger partial charge is 0.0595 e. The average molecular weight is 388 g/mol. The highest BCUT2D eigenvalue weighted by Crippen LogP contribution is 2.29. The van der Waals surface area contributed by atoms with E-state index in [9.17, 15) is 0 Å². The maximum Gasteiger partial charge on any atom is 0.0595 e. The number of nitrogens with one attached hydrogen (secondary N) is 1. The summed E-state index contributed by atoms with van der Waals surface area (Å²) in [5, 5.41) is 1.13. The van der Waals surface area contributed by atoms with Gasteiger partial charge >= 0.3 is 0 Å². The average Bonchev–Trinajstić information content (AvgIpc) is 2.45. The zero-order valence-electron chi connectivity index (χ0n) is 11.9. The molecule has 1 unspecified atom stereocenters. The number of halogens is 3. The van der Waals surface area contributed by atoms with Gasteiger partial charge in [-0.25, -0.2) is 0 Å². The van der Waals surface area contributed by atoms with Crippen molar-refractivity contribution < 1.29 is 0 Å². The second-order valence-corrected chi connectivity index (χ2v) is 6.75.